The highest BCUT2D eigenvalue weighted by Gasteiger charge is 2.15. The Labute approximate surface area is 161 Å². The first-order valence-electron chi connectivity index (χ1n) is 8.30. The number of nitrogens with one attached hydrogen (secondary N) is 1. The van der Waals surface area contributed by atoms with Crippen molar-refractivity contribution in [2.45, 2.75) is 25.2 Å². The number of amides is 1. The van der Waals surface area contributed by atoms with Crippen molar-refractivity contribution >= 4 is 35.1 Å². The molecule has 2 aromatic carbocycles. The van der Waals surface area contributed by atoms with Crippen molar-refractivity contribution in [3.63, 3.8) is 0 Å². The maximum atomic E-state index is 14.0. The van der Waals surface area contributed by atoms with Crippen LogP contribution in [0.1, 0.15) is 29.3 Å². The van der Waals surface area contributed by atoms with Crippen LogP contribution in [0.3, 0.4) is 0 Å². The van der Waals surface area contributed by atoms with Gasteiger partial charge in [0.05, 0.1) is 12.0 Å². The van der Waals surface area contributed by atoms with Crippen molar-refractivity contribution in [1.29, 1.82) is 0 Å². The second-order valence-electron chi connectivity index (χ2n) is 5.87. The summed E-state index contributed by atoms with van der Waals surface area (Å²) in [5, 5.41) is 2.42. The smallest absolute Gasteiger partial charge is 0.307 e. The number of thioether (sulfide) groups is 1. The summed E-state index contributed by atoms with van der Waals surface area (Å²) < 4.78 is 18.9. The third-order valence-corrected chi connectivity index (χ3v) is 4.56. The molecule has 0 radical (unpaired) electrons. The van der Waals surface area contributed by atoms with Gasteiger partial charge in [0, 0.05) is 23.3 Å². The summed E-state index contributed by atoms with van der Waals surface area (Å²) in [5.41, 5.74) is 1.22. The van der Waals surface area contributed by atoms with Crippen LogP contribution >= 0.6 is 11.8 Å². The Morgan fingerprint density at radius 3 is 2.44 bits per heavy atom. The van der Waals surface area contributed by atoms with Gasteiger partial charge in [0.15, 0.2) is 6.61 Å². The maximum absolute atomic E-state index is 14.0. The molecule has 1 N–H and O–H groups in total. The van der Waals surface area contributed by atoms with E-state index in [9.17, 15) is 18.8 Å². The van der Waals surface area contributed by atoms with Gasteiger partial charge in [0.25, 0.3) is 0 Å². The zero-order valence-corrected chi connectivity index (χ0v) is 15.9. The molecule has 0 fully saturated rings. The van der Waals surface area contributed by atoms with Crippen LogP contribution in [0.4, 0.5) is 10.1 Å². The first-order valence-corrected chi connectivity index (χ1v) is 9.29. The molecule has 0 saturated heterocycles. The predicted octanol–water partition coefficient (Wildman–Crippen LogP) is 4.00. The zero-order chi connectivity index (χ0) is 19.8. The quantitative estimate of drug-likeness (QED) is 0.420. The fourth-order valence-corrected chi connectivity index (χ4v) is 3.04. The minimum absolute atomic E-state index is 0.149. The van der Waals surface area contributed by atoms with E-state index in [2.05, 4.69) is 5.32 Å². The average Bonchev–Trinajstić information content (AvgIpc) is 2.61. The molecule has 0 aliphatic rings. The minimum Gasteiger partial charge on any atom is -0.457 e. The second kappa shape index (κ2) is 9.87. The molecule has 0 atom stereocenters. The molecule has 5 nitrogen and oxygen atoms in total. The van der Waals surface area contributed by atoms with Gasteiger partial charge in [-0.05, 0) is 37.3 Å². The largest absolute Gasteiger partial charge is 0.457 e. The van der Waals surface area contributed by atoms with Crippen molar-refractivity contribution < 1.29 is 23.5 Å². The topological polar surface area (TPSA) is 72.5 Å². The molecule has 0 heterocycles. The van der Waals surface area contributed by atoms with Gasteiger partial charge >= 0.3 is 5.97 Å². The number of halogens is 1. The first kappa shape index (κ1) is 20.6. The number of Topliss-reactive ketones (excluding diaryl/α,β-unsaturated/α-hetero) is 1. The van der Waals surface area contributed by atoms with E-state index in [4.69, 9.17) is 4.74 Å². The molecule has 0 saturated carbocycles. The van der Waals surface area contributed by atoms with Crippen LogP contribution in [0.25, 0.3) is 0 Å². The van der Waals surface area contributed by atoms with Crippen LogP contribution < -0.4 is 5.32 Å². The van der Waals surface area contributed by atoms with E-state index in [0.29, 0.717) is 5.75 Å². The van der Waals surface area contributed by atoms with Gasteiger partial charge in [-0.25, -0.2) is 4.39 Å². The van der Waals surface area contributed by atoms with Crippen LogP contribution in [-0.4, -0.2) is 30.0 Å². The van der Waals surface area contributed by atoms with Crippen molar-refractivity contribution in [3.8, 4) is 0 Å². The maximum Gasteiger partial charge on any atom is 0.307 e. The number of benzene rings is 2. The molecular weight excluding hydrogens is 369 g/mol. The molecule has 0 aliphatic heterocycles. The van der Waals surface area contributed by atoms with Crippen LogP contribution in [0.2, 0.25) is 0 Å². The number of hydrogen-bond donors (Lipinski definition) is 1. The van der Waals surface area contributed by atoms with Crippen LogP contribution in [-0.2, 0) is 14.3 Å². The molecule has 0 aromatic heterocycles. The van der Waals surface area contributed by atoms with Gasteiger partial charge in [-0.1, -0.05) is 17.7 Å². The van der Waals surface area contributed by atoms with E-state index < -0.39 is 24.2 Å². The van der Waals surface area contributed by atoms with Crippen molar-refractivity contribution in [2.75, 3.05) is 17.7 Å². The van der Waals surface area contributed by atoms with E-state index >= 15 is 0 Å². The van der Waals surface area contributed by atoms with E-state index in [1.54, 1.807) is 0 Å². The molecule has 1 amide bonds. The summed E-state index contributed by atoms with van der Waals surface area (Å²) in [5.74, 6) is -1.75. The number of ketones is 1. The minimum atomic E-state index is -0.780. The summed E-state index contributed by atoms with van der Waals surface area (Å²) in [6.07, 6.45) is 0.149. The molecule has 0 aliphatic carbocycles. The van der Waals surface area contributed by atoms with Crippen LogP contribution in [0.15, 0.2) is 47.4 Å². The average molecular weight is 389 g/mol. The number of esters is 1. The summed E-state index contributed by atoms with van der Waals surface area (Å²) >= 11 is 1.52. The summed E-state index contributed by atoms with van der Waals surface area (Å²) in [6, 6.07) is 11.6. The van der Waals surface area contributed by atoms with Crippen LogP contribution in [0, 0.1) is 12.7 Å². The number of rotatable bonds is 8. The van der Waals surface area contributed by atoms with Crippen molar-refractivity contribution in [2.24, 2.45) is 0 Å². The Morgan fingerprint density at radius 2 is 1.81 bits per heavy atom. The highest BCUT2D eigenvalue weighted by molar-refractivity contribution is 7.99. The van der Waals surface area contributed by atoms with Crippen molar-refractivity contribution in [3.05, 3.63) is 59.4 Å². The lowest BCUT2D eigenvalue weighted by atomic mass is 10.1. The zero-order valence-electron chi connectivity index (χ0n) is 15.1. The molecular formula is C20H20FNO4S. The van der Waals surface area contributed by atoms with E-state index in [0.717, 1.165) is 16.5 Å². The molecule has 142 valence electrons. The Balaban J connectivity index is 1.78. The summed E-state index contributed by atoms with van der Waals surface area (Å²) in [4.78, 5) is 35.8. The van der Waals surface area contributed by atoms with Gasteiger partial charge in [-0.15, -0.1) is 11.8 Å². The highest BCUT2D eigenvalue weighted by Crippen LogP contribution is 2.19. The van der Waals surface area contributed by atoms with E-state index in [1.807, 2.05) is 31.2 Å². The first-order chi connectivity index (χ1) is 12.8. The third-order valence-electron chi connectivity index (χ3n) is 3.55. The summed E-state index contributed by atoms with van der Waals surface area (Å²) in [7, 11) is 0. The van der Waals surface area contributed by atoms with E-state index in [-0.39, 0.29) is 23.6 Å². The standard InChI is InChI=1S/C20H20FNO4S/c1-13-3-6-16(7-4-13)27-10-9-20(25)26-12-19(24)17-8-5-15(11-18(17)21)22-14(2)23/h3-8,11H,9-10,12H2,1-2H3,(H,22,23). The molecule has 0 bridgehead atoms. The molecule has 2 aromatic rings. The number of hydrogen-bond acceptors (Lipinski definition) is 5. The number of ether oxygens (including phenoxy) is 1. The number of anilines is 1. The third kappa shape index (κ3) is 6.86. The Hall–Kier alpha value is -2.67. The molecule has 27 heavy (non-hydrogen) atoms. The Kier molecular flexibility index (Phi) is 7.55. The lowest BCUT2D eigenvalue weighted by Gasteiger charge is -2.07. The lowest BCUT2D eigenvalue weighted by Crippen LogP contribution is -2.16. The Bertz CT molecular complexity index is 836. The molecule has 0 spiro atoms. The van der Waals surface area contributed by atoms with Crippen LogP contribution in [0.5, 0.6) is 0 Å². The fourth-order valence-electron chi connectivity index (χ4n) is 2.20. The van der Waals surface area contributed by atoms with Crippen molar-refractivity contribution in [1.82, 2.24) is 0 Å². The van der Waals surface area contributed by atoms with Gasteiger partial charge in [0.2, 0.25) is 11.7 Å². The molecule has 7 heteroatoms. The second-order valence-corrected chi connectivity index (χ2v) is 7.04. The van der Waals surface area contributed by atoms with E-state index in [1.165, 1.54) is 30.8 Å². The number of carbonyl (C=O) groups excluding carboxylic acids is 3. The van der Waals surface area contributed by atoms with Gasteiger partial charge in [-0.3, -0.25) is 14.4 Å². The van der Waals surface area contributed by atoms with Gasteiger partial charge in [0.1, 0.15) is 5.82 Å². The van der Waals surface area contributed by atoms with Gasteiger partial charge in [-0.2, -0.15) is 0 Å². The lowest BCUT2D eigenvalue weighted by molar-refractivity contribution is -0.142. The highest BCUT2D eigenvalue weighted by atomic mass is 32.2. The van der Waals surface area contributed by atoms with Gasteiger partial charge < -0.3 is 10.1 Å². The monoisotopic (exact) mass is 389 g/mol. The Morgan fingerprint density at radius 1 is 1.11 bits per heavy atom. The fraction of sp³-hybridized carbons (Fsp3) is 0.250. The normalized spacial score (nSPS) is 10.3. The number of carbonyl (C=O) groups is 3. The predicted molar refractivity (Wildman–Crippen MR) is 103 cm³/mol. The molecule has 2 rings (SSSR count). The number of aryl methyl sites for hydroxylation is 1. The summed E-state index contributed by atoms with van der Waals surface area (Å²) in [6.45, 7) is 2.77. The molecule has 0 unspecified atom stereocenters. The SMILES string of the molecule is CC(=O)Nc1ccc(C(=O)COC(=O)CCSc2ccc(C)cc2)c(F)c1.